The summed E-state index contributed by atoms with van der Waals surface area (Å²) in [6.45, 7) is 16.3. The third-order valence-corrected chi connectivity index (χ3v) is 6.27. The van der Waals surface area contributed by atoms with Crippen LogP contribution in [0.25, 0.3) is 0 Å². The highest BCUT2D eigenvalue weighted by Gasteiger charge is 2.28. The minimum Gasteiger partial charge on any atom is -0.379 e. The monoisotopic (exact) mass is 384 g/mol. The van der Waals surface area contributed by atoms with Crippen molar-refractivity contribution in [3.8, 4) is 0 Å². The van der Waals surface area contributed by atoms with Crippen LogP contribution in [0.5, 0.6) is 0 Å². The summed E-state index contributed by atoms with van der Waals surface area (Å²) >= 11 is 0. The van der Waals surface area contributed by atoms with Crippen LogP contribution in [0.2, 0.25) is 0 Å². The van der Waals surface area contributed by atoms with Crippen molar-refractivity contribution in [2.75, 3.05) is 13.7 Å². The van der Waals surface area contributed by atoms with E-state index in [1.54, 1.807) is 7.11 Å². The Morgan fingerprint density at radius 2 is 1.38 bits per heavy atom. The maximum Gasteiger partial charge on any atom is 0.297 e. The summed E-state index contributed by atoms with van der Waals surface area (Å²) in [4.78, 5) is 0.349. The Bertz CT molecular complexity index is 672. The molecule has 0 unspecified atom stereocenters. The topological polar surface area (TPSA) is 52.6 Å². The SMILES string of the molecule is COC(C)(C)CCOS(=O)(=O)c1c(C(C)C)cc(C(C)C)cc1C(C)C. The molecule has 0 fully saturated rings. The molecule has 0 saturated heterocycles. The summed E-state index contributed by atoms with van der Waals surface area (Å²) < 4.78 is 36.9. The average molecular weight is 385 g/mol. The van der Waals surface area contributed by atoms with E-state index in [1.165, 1.54) is 0 Å². The Balaban J connectivity index is 3.39. The molecule has 1 rings (SSSR count). The highest BCUT2D eigenvalue weighted by molar-refractivity contribution is 7.86. The molecule has 0 bridgehead atoms. The molecule has 4 nitrogen and oxygen atoms in total. The maximum absolute atomic E-state index is 13.1. The highest BCUT2D eigenvalue weighted by atomic mass is 32.2. The van der Waals surface area contributed by atoms with Crippen molar-refractivity contribution in [3.63, 3.8) is 0 Å². The molecule has 0 aliphatic rings. The number of hydrogen-bond acceptors (Lipinski definition) is 4. The van der Waals surface area contributed by atoms with E-state index in [0.717, 1.165) is 16.7 Å². The molecule has 1 aromatic carbocycles. The lowest BCUT2D eigenvalue weighted by Gasteiger charge is -2.24. The second-order valence-corrected chi connectivity index (χ2v) is 10.0. The molecule has 0 aliphatic heterocycles. The molecule has 0 N–H and O–H groups in total. The van der Waals surface area contributed by atoms with Crippen molar-refractivity contribution >= 4 is 10.1 Å². The van der Waals surface area contributed by atoms with Crippen molar-refractivity contribution in [2.45, 2.75) is 90.1 Å². The quantitative estimate of drug-likeness (QED) is 0.522. The highest BCUT2D eigenvalue weighted by Crippen LogP contribution is 2.36. The molecule has 26 heavy (non-hydrogen) atoms. The fraction of sp³-hybridized carbons (Fsp3) is 0.714. The van der Waals surface area contributed by atoms with Crippen molar-refractivity contribution in [1.29, 1.82) is 0 Å². The molecular formula is C21H36O4S. The molecule has 0 radical (unpaired) electrons. The van der Waals surface area contributed by atoms with E-state index in [9.17, 15) is 8.42 Å². The minimum atomic E-state index is -3.84. The van der Waals surface area contributed by atoms with Gasteiger partial charge in [0.2, 0.25) is 0 Å². The van der Waals surface area contributed by atoms with Gasteiger partial charge in [-0.2, -0.15) is 8.42 Å². The Labute approximate surface area is 160 Å². The minimum absolute atomic E-state index is 0.0926. The van der Waals surface area contributed by atoms with Crippen LogP contribution >= 0.6 is 0 Å². The first-order chi connectivity index (χ1) is 11.8. The number of methoxy groups -OCH3 is 1. The molecule has 5 heteroatoms. The fourth-order valence-corrected chi connectivity index (χ4v) is 4.32. The van der Waals surface area contributed by atoms with Gasteiger partial charge in [-0.25, -0.2) is 0 Å². The van der Waals surface area contributed by atoms with Crippen LogP contribution in [-0.4, -0.2) is 27.7 Å². The first-order valence-electron chi connectivity index (χ1n) is 9.44. The normalized spacial score (nSPS) is 13.2. The predicted octanol–water partition coefficient (Wildman–Crippen LogP) is 5.58. The maximum atomic E-state index is 13.1. The Morgan fingerprint density at radius 1 is 0.923 bits per heavy atom. The van der Waals surface area contributed by atoms with Gasteiger partial charge in [-0.05, 0) is 48.3 Å². The van der Waals surface area contributed by atoms with E-state index in [0.29, 0.717) is 17.2 Å². The summed E-state index contributed by atoms with van der Waals surface area (Å²) in [5.41, 5.74) is 2.42. The van der Waals surface area contributed by atoms with E-state index in [2.05, 4.69) is 13.8 Å². The van der Waals surface area contributed by atoms with E-state index in [-0.39, 0.29) is 18.4 Å². The van der Waals surface area contributed by atoms with Crippen molar-refractivity contribution < 1.29 is 17.3 Å². The van der Waals surface area contributed by atoms with Gasteiger partial charge < -0.3 is 4.74 Å². The fourth-order valence-electron chi connectivity index (χ4n) is 2.74. The zero-order valence-corrected chi connectivity index (χ0v) is 18.7. The smallest absolute Gasteiger partial charge is 0.297 e. The molecular weight excluding hydrogens is 348 g/mol. The van der Waals surface area contributed by atoms with Gasteiger partial charge in [-0.1, -0.05) is 53.7 Å². The van der Waals surface area contributed by atoms with Crippen molar-refractivity contribution in [1.82, 2.24) is 0 Å². The largest absolute Gasteiger partial charge is 0.379 e. The van der Waals surface area contributed by atoms with Gasteiger partial charge in [0.15, 0.2) is 0 Å². The van der Waals surface area contributed by atoms with Gasteiger partial charge in [-0.15, -0.1) is 0 Å². The molecule has 1 aromatic rings. The van der Waals surface area contributed by atoms with Crippen LogP contribution in [0, 0.1) is 0 Å². The van der Waals surface area contributed by atoms with E-state index in [1.807, 2.05) is 53.7 Å². The van der Waals surface area contributed by atoms with Crippen LogP contribution in [0.4, 0.5) is 0 Å². The summed E-state index contributed by atoms with van der Waals surface area (Å²) in [7, 11) is -2.22. The van der Waals surface area contributed by atoms with Gasteiger partial charge in [0.1, 0.15) is 4.90 Å². The van der Waals surface area contributed by atoms with Crippen LogP contribution < -0.4 is 0 Å². The summed E-state index contributed by atoms with van der Waals surface area (Å²) in [6.07, 6.45) is 0.501. The van der Waals surface area contributed by atoms with Crippen molar-refractivity contribution in [3.05, 3.63) is 28.8 Å². The molecule has 0 saturated carbocycles. The molecule has 0 aromatic heterocycles. The average Bonchev–Trinajstić information content (AvgIpc) is 2.52. The Morgan fingerprint density at radius 3 is 1.73 bits per heavy atom. The third kappa shape index (κ3) is 5.80. The molecule has 0 amide bonds. The van der Waals surface area contributed by atoms with E-state index in [4.69, 9.17) is 8.92 Å². The molecule has 150 valence electrons. The van der Waals surface area contributed by atoms with Crippen LogP contribution in [0.15, 0.2) is 17.0 Å². The molecule has 0 atom stereocenters. The zero-order valence-electron chi connectivity index (χ0n) is 17.8. The third-order valence-electron chi connectivity index (χ3n) is 4.82. The van der Waals surface area contributed by atoms with Crippen molar-refractivity contribution in [2.24, 2.45) is 0 Å². The second-order valence-electron chi connectivity index (χ2n) is 8.48. The first-order valence-corrected chi connectivity index (χ1v) is 10.9. The zero-order chi connectivity index (χ0) is 20.3. The van der Waals surface area contributed by atoms with Crippen LogP contribution in [0.3, 0.4) is 0 Å². The van der Waals surface area contributed by atoms with Gasteiger partial charge >= 0.3 is 0 Å². The number of hydrogen-bond donors (Lipinski definition) is 0. The lowest BCUT2D eigenvalue weighted by Crippen LogP contribution is -2.25. The van der Waals surface area contributed by atoms with Crippen LogP contribution in [-0.2, 0) is 19.0 Å². The molecule has 0 spiro atoms. The lowest BCUT2D eigenvalue weighted by atomic mass is 9.89. The number of rotatable bonds is 9. The predicted molar refractivity (Wildman–Crippen MR) is 108 cm³/mol. The van der Waals surface area contributed by atoms with Gasteiger partial charge in [0.25, 0.3) is 10.1 Å². The molecule has 0 aliphatic carbocycles. The first kappa shape index (κ1) is 23.1. The van der Waals surface area contributed by atoms with Gasteiger partial charge in [-0.3, -0.25) is 4.18 Å². The molecule has 0 heterocycles. The summed E-state index contributed by atoms with van der Waals surface area (Å²) in [5.74, 6) is 0.523. The summed E-state index contributed by atoms with van der Waals surface area (Å²) in [6, 6.07) is 4.05. The van der Waals surface area contributed by atoms with E-state index < -0.39 is 15.7 Å². The number of benzene rings is 1. The van der Waals surface area contributed by atoms with Gasteiger partial charge in [0, 0.05) is 13.5 Å². The van der Waals surface area contributed by atoms with Gasteiger partial charge in [0.05, 0.1) is 12.2 Å². The Hall–Kier alpha value is -0.910. The standard InChI is InChI=1S/C21H36O4S/c1-14(2)17-12-18(15(3)4)20(19(13-17)16(5)6)26(22,23)25-11-10-21(7,8)24-9/h12-16H,10-11H2,1-9H3. The number of ether oxygens (including phenoxy) is 1. The lowest BCUT2D eigenvalue weighted by molar-refractivity contribution is 0.00608. The second kappa shape index (κ2) is 8.85. The summed E-state index contributed by atoms with van der Waals surface area (Å²) in [5, 5.41) is 0. The van der Waals surface area contributed by atoms with Crippen LogP contribution in [0.1, 0.15) is 96.3 Å². The van der Waals surface area contributed by atoms with E-state index >= 15 is 0 Å². The Kier molecular flexibility index (Phi) is 7.88.